The molecule has 64 valence electrons. The molecule has 2 bridgehead atoms. The van der Waals surface area contributed by atoms with Crippen molar-refractivity contribution in [3.63, 3.8) is 0 Å². The quantitative estimate of drug-likeness (QED) is 0.613. The molecule has 0 spiro atoms. The standard InChI is InChI=1S/C7H11NO2.ClH/c9-7(10)6-4-1-2-5(6)8-3-4;/h4-6,8H,1-3H2,(H,9,10);1H/t4-,5-,6+;/m1./s1. The highest BCUT2D eigenvalue weighted by Gasteiger charge is 2.45. The third-order valence-electron chi connectivity index (χ3n) is 2.72. The minimum atomic E-state index is -0.613. The first kappa shape index (κ1) is 8.81. The monoisotopic (exact) mass is 177 g/mol. The van der Waals surface area contributed by atoms with Crippen LogP contribution in [0.5, 0.6) is 0 Å². The molecule has 0 unspecified atom stereocenters. The van der Waals surface area contributed by atoms with Crippen molar-refractivity contribution in [2.45, 2.75) is 18.9 Å². The van der Waals surface area contributed by atoms with Crippen LogP contribution in [0.3, 0.4) is 0 Å². The number of carbonyl (C=O) groups is 1. The van der Waals surface area contributed by atoms with Crippen molar-refractivity contribution in [2.75, 3.05) is 6.54 Å². The van der Waals surface area contributed by atoms with E-state index in [0.29, 0.717) is 5.92 Å². The van der Waals surface area contributed by atoms with Gasteiger partial charge >= 0.3 is 5.97 Å². The summed E-state index contributed by atoms with van der Waals surface area (Å²) in [6.07, 6.45) is 2.16. The number of carboxylic acid groups (broad SMARTS) is 1. The lowest BCUT2D eigenvalue weighted by Gasteiger charge is -2.08. The molecule has 0 radical (unpaired) electrons. The lowest BCUT2D eigenvalue weighted by atomic mass is 9.99. The molecule has 2 N–H and O–H groups in total. The van der Waals surface area contributed by atoms with Crippen LogP contribution in [-0.2, 0) is 4.79 Å². The predicted molar refractivity (Wildman–Crippen MR) is 42.9 cm³/mol. The van der Waals surface area contributed by atoms with E-state index in [0.717, 1.165) is 19.4 Å². The Morgan fingerprint density at radius 3 is 2.36 bits per heavy atom. The number of carboxylic acids is 1. The minimum absolute atomic E-state index is 0. The molecule has 1 saturated heterocycles. The van der Waals surface area contributed by atoms with Crippen LogP contribution in [-0.4, -0.2) is 23.7 Å². The molecule has 2 rings (SSSR count). The van der Waals surface area contributed by atoms with Crippen molar-refractivity contribution in [1.82, 2.24) is 5.32 Å². The Morgan fingerprint density at radius 2 is 2.18 bits per heavy atom. The van der Waals surface area contributed by atoms with E-state index in [2.05, 4.69) is 5.32 Å². The van der Waals surface area contributed by atoms with Gasteiger partial charge in [0.2, 0.25) is 0 Å². The van der Waals surface area contributed by atoms with Crippen LogP contribution in [0.25, 0.3) is 0 Å². The van der Waals surface area contributed by atoms with Crippen molar-refractivity contribution in [2.24, 2.45) is 11.8 Å². The van der Waals surface area contributed by atoms with Gasteiger partial charge in [0.25, 0.3) is 0 Å². The van der Waals surface area contributed by atoms with Gasteiger partial charge in [0.15, 0.2) is 0 Å². The molecule has 1 saturated carbocycles. The summed E-state index contributed by atoms with van der Waals surface area (Å²) in [5.41, 5.74) is 0. The summed E-state index contributed by atoms with van der Waals surface area (Å²) in [6, 6.07) is 0.280. The van der Waals surface area contributed by atoms with Crippen LogP contribution in [0.4, 0.5) is 0 Å². The van der Waals surface area contributed by atoms with Crippen LogP contribution in [0.15, 0.2) is 0 Å². The van der Waals surface area contributed by atoms with Gasteiger partial charge in [0.1, 0.15) is 0 Å². The lowest BCUT2D eigenvalue weighted by molar-refractivity contribution is -0.142. The Hall–Kier alpha value is -0.280. The van der Waals surface area contributed by atoms with E-state index < -0.39 is 5.97 Å². The zero-order valence-electron chi connectivity index (χ0n) is 6.12. The van der Waals surface area contributed by atoms with Crippen molar-refractivity contribution in [3.05, 3.63) is 0 Å². The summed E-state index contributed by atoms with van der Waals surface area (Å²) >= 11 is 0. The average molecular weight is 178 g/mol. The Morgan fingerprint density at radius 1 is 1.45 bits per heavy atom. The number of piperidine rings is 1. The first-order chi connectivity index (χ1) is 4.79. The molecule has 3 nitrogen and oxygen atoms in total. The smallest absolute Gasteiger partial charge is 0.308 e. The first-order valence-corrected chi connectivity index (χ1v) is 3.75. The van der Waals surface area contributed by atoms with Crippen LogP contribution in [0.1, 0.15) is 12.8 Å². The van der Waals surface area contributed by atoms with Gasteiger partial charge in [-0.25, -0.2) is 0 Å². The highest BCUT2D eigenvalue weighted by molar-refractivity contribution is 5.85. The van der Waals surface area contributed by atoms with Crippen LogP contribution >= 0.6 is 12.4 Å². The van der Waals surface area contributed by atoms with Crippen molar-refractivity contribution in [3.8, 4) is 0 Å². The predicted octanol–water partition coefficient (Wildman–Crippen LogP) is 0.491. The molecule has 11 heavy (non-hydrogen) atoms. The number of nitrogens with one attached hydrogen (secondary N) is 1. The molecule has 2 aliphatic rings. The van der Waals surface area contributed by atoms with Crippen LogP contribution in [0, 0.1) is 11.8 Å². The molecule has 4 heteroatoms. The van der Waals surface area contributed by atoms with Gasteiger partial charge in [-0.3, -0.25) is 4.79 Å². The minimum Gasteiger partial charge on any atom is -0.481 e. The maximum atomic E-state index is 10.6. The molecule has 1 aliphatic carbocycles. The summed E-state index contributed by atoms with van der Waals surface area (Å²) < 4.78 is 0. The van der Waals surface area contributed by atoms with Gasteiger partial charge < -0.3 is 10.4 Å². The normalized spacial score (nSPS) is 40.2. The van der Waals surface area contributed by atoms with Crippen molar-refractivity contribution >= 4 is 18.4 Å². The summed E-state index contributed by atoms with van der Waals surface area (Å²) in [4.78, 5) is 10.6. The molecule has 0 aromatic carbocycles. The average Bonchev–Trinajstić information content (AvgIpc) is 2.43. The maximum Gasteiger partial charge on any atom is 0.308 e. The summed E-state index contributed by atoms with van der Waals surface area (Å²) in [5.74, 6) is -0.278. The van der Waals surface area contributed by atoms with Gasteiger partial charge in [-0.05, 0) is 25.3 Å². The lowest BCUT2D eigenvalue weighted by Crippen LogP contribution is -2.28. The zero-order valence-corrected chi connectivity index (χ0v) is 6.93. The van der Waals surface area contributed by atoms with E-state index in [1.165, 1.54) is 0 Å². The molecule has 0 aromatic heterocycles. The highest BCUT2D eigenvalue weighted by Crippen LogP contribution is 2.36. The summed E-state index contributed by atoms with van der Waals surface area (Å²) in [7, 11) is 0. The van der Waals surface area contributed by atoms with Gasteiger partial charge in [0, 0.05) is 6.04 Å². The number of fused-ring (bicyclic) bond motifs is 2. The Balaban J connectivity index is 0.000000605. The van der Waals surface area contributed by atoms with E-state index in [1.807, 2.05) is 0 Å². The molecular weight excluding hydrogens is 166 g/mol. The Bertz CT molecular complexity index is 154. The topological polar surface area (TPSA) is 49.3 Å². The molecule has 1 heterocycles. The molecule has 1 aliphatic heterocycles. The zero-order chi connectivity index (χ0) is 7.14. The maximum absolute atomic E-state index is 10.6. The largest absolute Gasteiger partial charge is 0.481 e. The van der Waals surface area contributed by atoms with E-state index >= 15 is 0 Å². The van der Waals surface area contributed by atoms with Crippen molar-refractivity contribution < 1.29 is 9.90 Å². The van der Waals surface area contributed by atoms with Gasteiger partial charge in [-0.2, -0.15) is 0 Å². The number of hydrogen-bond acceptors (Lipinski definition) is 2. The SMILES string of the molecule is Cl.O=C(O)[C@H]1[C@@H]2CC[C@H]1NC2. The van der Waals surface area contributed by atoms with Crippen LogP contribution in [0.2, 0.25) is 0 Å². The Labute approximate surface area is 71.6 Å². The number of halogens is 1. The third kappa shape index (κ3) is 1.23. The Kier molecular flexibility index (Phi) is 2.40. The second kappa shape index (κ2) is 2.99. The fourth-order valence-electron chi connectivity index (χ4n) is 2.22. The van der Waals surface area contributed by atoms with E-state index in [1.54, 1.807) is 0 Å². The van der Waals surface area contributed by atoms with E-state index in [-0.39, 0.29) is 24.4 Å². The number of hydrogen-bond donors (Lipinski definition) is 2. The number of aliphatic carboxylic acids is 1. The highest BCUT2D eigenvalue weighted by atomic mass is 35.5. The molecule has 0 amide bonds. The molecule has 2 fully saturated rings. The third-order valence-corrected chi connectivity index (χ3v) is 2.72. The fraction of sp³-hybridized carbons (Fsp3) is 0.857. The van der Waals surface area contributed by atoms with E-state index in [9.17, 15) is 4.79 Å². The van der Waals surface area contributed by atoms with Crippen molar-refractivity contribution in [1.29, 1.82) is 0 Å². The van der Waals surface area contributed by atoms with Gasteiger partial charge in [0.05, 0.1) is 5.92 Å². The molecule has 0 aromatic rings. The second-order valence-corrected chi connectivity index (χ2v) is 3.22. The van der Waals surface area contributed by atoms with E-state index in [4.69, 9.17) is 5.11 Å². The molecular formula is C7H12ClNO2. The first-order valence-electron chi connectivity index (χ1n) is 3.75. The van der Waals surface area contributed by atoms with Crippen LogP contribution < -0.4 is 5.32 Å². The summed E-state index contributed by atoms with van der Waals surface area (Å²) in [5, 5.41) is 12.0. The van der Waals surface area contributed by atoms with Gasteiger partial charge in [-0.15, -0.1) is 12.4 Å². The number of rotatable bonds is 1. The summed E-state index contributed by atoms with van der Waals surface area (Å²) in [6.45, 7) is 0.918. The molecule has 3 atom stereocenters. The fourth-order valence-corrected chi connectivity index (χ4v) is 2.22. The second-order valence-electron chi connectivity index (χ2n) is 3.22. The van der Waals surface area contributed by atoms with Gasteiger partial charge in [-0.1, -0.05) is 0 Å².